The summed E-state index contributed by atoms with van der Waals surface area (Å²) in [6.07, 6.45) is 1.89. The topological polar surface area (TPSA) is 61.4 Å². The van der Waals surface area contributed by atoms with E-state index in [0.717, 1.165) is 31.5 Å². The number of rotatable bonds is 6. The maximum Gasteiger partial charge on any atom is 0.301 e. The van der Waals surface area contributed by atoms with E-state index in [-0.39, 0.29) is 0 Å². The zero-order chi connectivity index (χ0) is 13.7. The molecule has 2 N–H and O–H groups in total. The fraction of sp³-hybridized carbons (Fsp3) is 0.538. The van der Waals surface area contributed by atoms with Crippen LogP contribution in [-0.2, 0) is 16.8 Å². The van der Waals surface area contributed by atoms with Crippen molar-refractivity contribution in [3.8, 4) is 0 Å². The second-order valence-corrected chi connectivity index (χ2v) is 6.36. The Balaban J connectivity index is 2.05. The second kappa shape index (κ2) is 6.36. The SMILES string of the molecule is CCNCc1cccc(NS(=O)(=O)N2CCCC2)c1. The summed E-state index contributed by atoms with van der Waals surface area (Å²) in [6.45, 7) is 4.91. The van der Waals surface area contributed by atoms with Gasteiger partial charge in [0.25, 0.3) is 0 Å². The van der Waals surface area contributed by atoms with E-state index in [4.69, 9.17) is 0 Å². The van der Waals surface area contributed by atoms with Crippen LogP contribution >= 0.6 is 0 Å². The number of anilines is 1. The van der Waals surface area contributed by atoms with Gasteiger partial charge in [-0.25, -0.2) is 0 Å². The van der Waals surface area contributed by atoms with E-state index in [1.165, 1.54) is 4.31 Å². The highest BCUT2D eigenvalue weighted by molar-refractivity contribution is 7.90. The monoisotopic (exact) mass is 283 g/mol. The first kappa shape index (κ1) is 14.3. The minimum absolute atomic E-state index is 0.617. The lowest BCUT2D eigenvalue weighted by atomic mass is 10.2. The quantitative estimate of drug-likeness (QED) is 0.832. The number of hydrogen-bond acceptors (Lipinski definition) is 3. The van der Waals surface area contributed by atoms with Gasteiger partial charge in [-0.05, 0) is 37.1 Å². The maximum absolute atomic E-state index is 12.1. The zero-order valence-corrected chi connectivity index (χ0v) is 12.0. The number of nitrogens with one attached hydrogen (secondary N) is 2. The second-order valence-electron chi connectivity index (χ2n) is 4.69. The zero-order valence-electron chi connectivity index (χ0n) is 11.2. The van der Waals surface area contributed by atoms with Crippen molar-refractivity contribution in [1.29, 1.82) is 0 Å². The van der Waals surface area contributed by atoms with E-state index >= 15 is 0 Å². The highest BCUT2D eigenvalue weighted by Gasteiger charge is 2.24. The highest BCUT2D eigenvalue weighted by Crippen LogP contribution is 2.17. The minimum Gasteiger partial charge on any atom is -0.313 e. The lowest BCUT2D eigenvalue weighted by molar-refractivity contribution is 0.482. The van der Waals surface area contributed by atoms with E-state index in [2.05, 4.69) is 10.0 Å². The molecular formula is C13H21N3O2S. The van der Waals surface area contributed by atoms with Crippen molar-refractivity contribution in [2.45, 2.75) is 26.3 Å². The predicted octanol–water partition coefficient (Wildman–Crippen LogP) is 1.55. The first-order valence-electron chi connectivity index (χ1n) is 6.69. The van der Waals surface area contributed by atoms with Crippen LogP contribution in [0.5, 0.6) is 0 Å². The highest BCUT2D eigenvalue weighted by atomic mass is 32.2. The van der Waals surface area contributed by atoms with Crippen molar-refractivity contribution >= 4 is 15.9 Å². The third-order valence-electron chi connectivity index (χ3n) is 3.16. The Morgan fingerprint density at radius 3 is 2.68 bits per heavy atom. The summed E-state index contributed by atoms with van der Waals surface area (Å²) in [5.74, 6) is 0. The normalized spacial score (nSPS) is 16.7. The van der Waals surface area contributed by atoms with Crippen LogP contribution in [0.25, 0.3) is 0 Å². The molecule has 0 radical (unpaired) electrons. The van der Waals surface area contributed by atoms with Crippen molar-refractivity contribution in [1.82, 2.24) is 9.62 Å². The molecule has 0 saturated carbocycles. The third kappa shape index (κ3) is 3.92. The number of nitrogens with zero attached hydrogens (tertiary/aromatic N) is 1. The molecule has 0 atom stereocenters. The van der Waals surface area contributed by atoms with Gasteiger partial charge in [0.15, 0.2) is 0 Å². The van der Waals surface area contributed by atoms with Gasteiger partial charge in [-0.2, -0.15) is 12.7 Å². The van der Waals surface area contributed by atoms with E-state index in [1.54, 1.807) is 6.07 Å². The molecule has 0 spiro atoms. The van der Waals surface area contributed by atoms with Crippen molar-refractivity contribution < 1.29 is 8.42 Å². The molecule has 0 aromatic heterocycles. The molecule has 1 aliphatic heterocycles. The molecule has 1 aliphatic rings. The van der Waals surface area contributed by atoms with E-state index in [1.807, 2.05) is 25.1 Å². The molecular weight excluding hydrogens is 262 g/mol. The van der Waals surface area contributed by atoms with E-state index in [9.17, 15) is 8.42 Å². The Bertz CT molecular complexity index is 510. The summed E-state index contributed by atoms with van der Waals surface area (Å²) >= 11 is 0. The van der Waals surface area contributed by atoms with Crippen LogP contribution in [0.3, 0.4) is 0 Å². The molecule has 5 nitrogen and oxygen atoms in total. The smallest absolute Gasteiger partial charge is 0.301 e. The van der Waals surface area contributed by atoms with Crippen LogP contribution in [0.4, 0.5) is 5.69 Å². The van der Waals surface area contributed by atoms with Gasteiger partial charge in [0, 0.05) is 19.6 Å². The van der Waals surface area contributed by atoms with E-state index in [0.29, 0.717) is 18.8 Å². The van der Waals surface area contributed by atoms with Crippen LogP contribution in [0.2, 0.25) is 0 Å². The van der Waals surface area contributed by atoms with Gasteiger partial charge < -0.3 is 5.32 Å². The minimum atomic E-state index is -3.39. The Kier molecular flexibility index (Phi) is 4.79. The fourth-order valence-corrected chi connectivity index (χ4v) is 3.45. The van der Waals surface area contributed by atoms with Crippen LogP contribution < -0.4 is 10.0 Å². The molecule has 0 amide bonds. The number of benzene rings is 1. The molecule has 0 aliphatic carbocycles. The lowest BCUT2D eigenvalue weighted by Crippen LogP contribution is -2.33. The first-order valence-corrected chi connectivity index (χ1v) is 8.13. The predicted molar refractivity (Wildman–Crippen MR) is 77.2 cm³/mol. The summed E-state index contributed by atoms with van der Waals surface area (Å²) in [7, 11) is -3.39. The molecule has 106 valence electrons. The summed E-state index contributed by atoms with van der Waals surface area (Å²) in [6, 6.07) is 7.50. The summed E-state index contributed by atoms with van der Waals surface area (Å²) in [5, 5.41) is 3.22. The molecule has 6 heteroatoms. The number of hydrogen-bond donors (Lipinski definition) is 2. The summed E-state index contributed by atoms with van der Waals surface area (Å²) in [4.78, 5) is 0. The molecule has 1 heterocycles. The average Bonchev–Trinajstić information content (AvgIpc) is 2.91. The van der Waals surface area contributed by atoms with Crippen molar-refractivity contribution in [2.75, 3.05) is 24.4 Å². The van der Waals surface area contributed by atoms with Gasteiger partial charge in [-0.1, -0.05) is 19.1 Å². The Labute approximate surface area is 115 Å². The molecule has 1 fully saturated rings. The Morgan fingerprint density at radius 2 is 2.00 bits per heavy atom. The van der Waals surface area contributed by atoms with Crippen molar-refractivity contribution in [3.63, 3.8) is 0 Å². The van der Waals surface area contributed by atoms with Gasteiger partial charge in [0.05, 0.1) is 5.69 Å². The molecule has 2 rings (SSSR count). The Hall–Kier alpha value is -1.11. The van der Waals surface area contributed by atoms with Crippen LogP contribution in [0.1, 0.15) is 25.3 Å². The van der Waals surface area contributed by atoms with Crippen molar-refractivity contribution in [2.24, 2.45) is 0 Å². The molecule has 0 bridgehead atoms. The first-order chi connectivity index (χ1) is 9.12. The lowest BCUT2D eigenvalue weighted by Gasteiger charge is -2.17. The average molecular weight is 283 g/mol. The maximum atomic E-state index is 12.1. The van der Waals surface area contributed by atoms with Gasteiger partial charge in [-0.3, -0.25) is 4.72 Å². The van der Waals surface area contributed by atoms with E-state index < -0.39 is 10.2 Å². The van der Waals surface area contributed by atoms with Gasteiger partial charge in [-0.15, -0.1) is 0 Å². The molecule has 1 aromatic carbocycles. The summed E-state index contributed by atoms with van der Waals surface area (Å²) < 4.78 is 28.4. The van der Waals surface area contributed by atoms with Crippen LogP contribution in [0.15, 0.2) is 24.3 Å². The molecule has 19 heavy (non-hydrogen) atoms. The molecule has 1 saturated heterocycles. The molecule has 1 aromatic rings. The Morgan fingerprint density at radius 1 is 1.26 bits per heavy atom. The third-order valence-corrected chi connectivity index (χ3v) is 4.70. The van der Waals surface area contributed by atoms with Gasteiger partial charge in [0.2, 0.25) is 0 Å². The van der Waals surface area contributed by atoms with Gasteiger partial charge in [0.1, 0.15) is 0 Å². The standard InChI is InChI=1S/C13H21N3O2S/c1-2-14-11-12-6-5-7-13(10-12)15-19(17,18)16-8-3-4-9-16/h5-7,10,14-15H,2-4,8-9,11H2,1H3. The molecule has 0 unspecified atom stereocenters. The van der Waals surface area contributed by atoms with Crippen LogP contribution in [-0.4, -0.2) is 32.4 Å². The fourth-order valence-electron chi connectivity index (χ4n) is 2.16. The van der Waals surface area contributed by atoms with Crippen LogP contribution in [0, 0.1) is 0 Å². The van der Waals surface area contributed by atoms with Gasteiger partial charge >= 0.3 is 10.2 Å². The summed E-state index contributed by atoms with van der Waals surface area (Å²) in [5.41, 5.74) is 1.70. The largest absolute Gasteiger partial charge is 0.313 e. The van der Waals surface area contributed by atoms with Crippen molar-refractivity contribution in [3.05, 3.63) is 29.8 Å².